The van der Waals surface area contributed by atoms with Crippen LogP contribution in [0, 0.1) is 11.3 Å². The quantitative estimate of drug-likeness (QED) is 0.827. The van der Waals surface area contributed by atoms with Crippen LogP contribution >= 0.6 is 11.6 Å². The van der Waals surface area contributed by atoms with Crippen LogP contribution in [0.2, 0.25) is 5.02 Å². The molecule has 1 saturated carbocycles. The lowest BCUT2D eigenvalue weighted by atomic mass is 9.78. The summed E-state index contributed by atoms with van der Waals surface area (Å²) < 4.78 is 0. The van der Waals surface area contributed by atoms with E-state index in [1.54, 1.807) is 6.07 Å². The minimum Gasteiger partial charge on any atom is -0.379 e. The fourth-order valence-electron chi connectivity index (χ4n) is 1.88. The van der Waals surface area contributed by atoms with E-state index in [1.807, 2.05) is 12.1 Å². The standard InChI is InChI=1S/C12H13ClN2/c1-12(5-2-6-12)15-11-4-3-10(13)7-9(11)8-14/h3-4,7,15H,2,5-6H2,1H3. The van der Waals surface area contributed by atoms with Gasteiger partial charge in [-0.05, 0) is 44.4 Å². The zero-order valence-corrected chi connectivity index (χ0v) is 9.43. The molecule has 2 rings (SSSR count). The van der Waals surface area contributed by atoms with E-state index < -0.39 is 0 Å². The summed E-state index contributed by atoms with van der Waals surface area (Å²) >= 11 is 5.84. The summed E-state index contributed by atoms with van der Waals surface area (Å²) in [6.45, 7) is 2.19. The van der Waals surface area contributed by atoms with Gasteiger partial charge in [0.05, 0.1) is 11.3 Å². The first kappa shape index (κ1) is 10.3. The van der Waals surface area contributed by atoms with Gasteiger partial charge in [-0.15, -0.1) is 0 Å². The Morgan fingerprint density at radius 1 is 1.47 bits per heavy atom. The molecule has 1 fully saturated rings. The first-order valence-electron chi connectivity index (χ1n) is 5.11. The highest BCUT2D eigenvalue weighted by Crippen LogP contribution is 2.35. The van der Waals surface area contributed by atoms with Crippen LogP contribution in [0.1, 0.15) is 31.7 Å². The predicted octanol–water partition coefficient (Wildman–Crippen LogP) is 3.57. The number of nitriles is 1. The molecule has 0 atom stereocenters. The van der Waals surface area contributed by atoms with E-state index in [4.69, 9.17) is 16.9 Å². The third-order valence-corrected chi connectivity index (χ3v) is 3.23. The fourth-order valence-corrected chi connectivity index (χ4v) is 2.05. The van der Waals surface area contributed by atoms with Crippen LogP contribution in [0.3, 0.4) is 0 Å². The third kappa shape index (κ3) is 2.08. The van der Waals surface area contributed by atoms with E-state index in [1.165, 1.54) is 19.3 Å². The van der Waals surface area contributed by atoms with Crippen molar-refractivity contribution in [2.45, 2.75) is 31.7 Å². The molecule has 0 radical (unpaired) electrons. The Morgan fingerprint density at radius 3 is 2.73 bits per heavy atom. The van der Waals surface area contributed by atoms with Gasteiger partial charge in [-0.1, -0.05) is 11.6 Å². The molecular weight excluding hydrogens is 208 g/mol. The van der Waals surface area contributed by atoms with Crippen molar-refractivity contribution in [3.8, 4) is 6.07 Å². The summed E-state index contributed by atoms with van der Waals surface area (Å²) in [4.78, 5) is 0. The van der Waals surface area contributed by atoms with Crippen molar-refractivity contribution in [1.29, 1.82) is 5.26 Å². The number of hydrogen-bond acceptors (Lipinski definition) is 2. The monoisotopic (exact) mass is 220 g/mol. The molecule has 2 nitrogen and oxygen atoms in total. The molecule has 0 unspecified atom stereocenters. The van der Waals surface area contributed by atoms with Gasteiger partial charge in [0.2, 0.25) is 0 Å². The summed E-state index contributed by atoms with van der Waals surface area (Å²) in [6, 6.07) is 7.55. The van der Waals surface area contributed by atoms with Gasteiger partial charge in [0.1, 0.15) is 6.07 Å². The topological polar surface area (TPSA) is 35.8 Å². The van der Waals surface area contributed by atoms with E-state index in [2.05, 4.69) is 18.3 Å². The lowest BCUT2D eigenvalue weighted by Crippen LogP contribution is -2.41. The summed E-state index contributed by atoms with van der Waals surface area (Å²) in [6.07, 6.45) is 3.60. The van der Waals surface area contributed by atoms with Crippen molar-refractivity contribution in [2.24, 2.45) is 0 Å². The molecule has 1 aromatic rings. The van der Waals surface area contributed by atoms with Crippen molar-refractivity contribution in [3.63, 3.8) is 0 Å². The molecule has 15 heavy (non-hydrogen) atoms. The SMILES string of the molecule is CC1(Nc2ccc(Cl)cc2C#N)CCC1. The summed E-state index contributed by atoms with van der Waals surface area (Å²) in [5.74, 6) is 0. The molecule has 0 heterocycles. The lowest BCUT2D eigenvalue weighted by molar-refractivity contribution is 0.306. The van der Waals surface area contributed by atoms with Gasteiger partial charge in [0.25, 0.3) is 0 Å². The number of halogens is 1. The first-order valence-corrected chi connectivity index (χ1v) is 5.49. The van der Waals surface area contributed by atoms with Crippen molar-refractivity contribution in [2.75, 3.05) is 5.32 Å². The average molecular weight is 221 g/mol. The van der Waals surface area contributed by atoms with Crippen molar-refractivity contribution in [1.82, 2.24) is 0 Å². The van der Waals surface area contributed by atoms with Gasteiger partial charge in [-0.25, -0.2) is 0 Å². The number of hydrogen-bond donors (Lipinski definition) is 1. The Hall–Kier alpha value is -1.20. The third-order valence-electron chi connectivity index (χ3n) is 3.00. The molecular formula is C12H13ClN2. The van der Waals surface area contributed by atoms with E-state index in [9.17, 15) is 0 Å². The molecule has 1 aliphatic carbocycles. The second kappa shape index (κ2) is 3.75. The molecule has 0 bridgehead atoms. The summed E-state index contributed by atoms with van der Waals surface area (Å²) in [5.41, 5.74) is 1.68. The second-order valence-corrected chi connectivity index (χ2v) is 4.78. The van der Waals surface area contributed by atoms with Crippen LogP contribution in [0.25, 0.3) is 0 Å². The van der Waals surface area contributed by atoms with E-state index in [-0.39, 0.29) is 5.54 Å². The van der Waals surface area contributed by atoms with Gasteiger partial charge in [-0.3, -0.25) is 0 Å². The molecule has 0 aromatic heterocycles. The minimum absolute atomic E-state index is 0.166. The van der Waals surface area contributed by atoms with Crippen molar-refractivity contribution in [3.05, 3.63) is 28.8 Å². The Morgan fingerprint density at radius 2 is 2.20 bits per heavy atom. The number of nitrogens with zero attached hydrogens (tertiary/aromatic N) is 1. The van der Waals surface area contributed by atoms with Crippen molar-refractivity contribution >= 4 is 17.3 Å². The zero-order valence-electron chi connectivity index (χ0n) is 8.68. The Kier molecular flexibility index (Phi) is 2.58. The molecule has 1 N–H and O–H groups in total. The number of anilines is 1. The zero-order chi connectivity index (χ0) is 10.9. The normalized spacial score (nSPS) is 17.7. The van der Waals surface area contributed by atoms with E-state index in [0.29, 0.717) is 10.6 Å². The maximum atomic E-state index is 8.98. The van der Waals surface area contributed by atoms with Crippen molar-refractivity contribution < 1.29 is 0 Å². The molecule has 0 saturated heterocycles. The second-order valence-electron chi connectivity index (χ2n) is 4.34. The van der Waals surface area contributed by atoms with Crippen LogP contribution < -0.4 is 5.32 Å². The van der Waals surface area contributed by atoms with Gasteiger partial charge in [-0.2, -0.15) is 5.26 Å². The van der Waals surface area contributed by atoms with Crippen LogP contribution in [0.5, 0.6) is 0 Å². The molecule has 3 heteroatoms. The number of nitrogens with one attached hydrogen (secondary N) is 1. The maximum Gasteiger partial charge on any atom is 0.101 e. The molecule has 0 aliphatic heterocycles. The average Bonchev–Trinajstić information content (AvgIpc) is 2.18. The highest BCUT2D eigenvalue weighted by Gasteiger charge is 2.31. The van der Waals surface area contributed by atoms with Gasteiger partial charge < -0.3 is 5.32 Å². The van der Waals surface area contributed by atoms with Crippen LogP contribution in [0.15, 0.2) is 18.2 Å². The number of rotatable bonds is 2. The van der Waals surface area contributed by atoms with Gasteiger partial charge >= 0.3 is 0 Å². The highest BCUT2D eigenvalue weighted by atomic mass is 35.5. The maximum absolute atomic E-state index is 8.98. The molecule has 1 aliphatic rings. The minimum atomic E-state index is 0.166. The predicted molar refractivity (Wildman–Crippen MR) is 62.0 cm³/mol. The van der Waals surface area contributed by atoms with Gasteiger partial charge in [0.15, 0.2) is 0 Å². The van der Waals surface area contributed by atoms with E-state index in [0.717, 1.165) is 5.69 Å². The first-order chi connectivity index (χ1) is 7.13. The fraction of sp³-hybridized carbons (Fsp3) is 0.417. The Balaban J connectivity index is 2.25. The van der Waals surface area contributed by atoms with Gasteiger partial charge in [0, 0.05) is 10.6 Å². The highest BCUT2D eigenvalue weighted by molar-refractivity contribution is 6.30. The molecule has 1 aromatic carbocycles. The van der Waals surface area contributed by atoms with Crippen LogP contribution in [-0.2, 0) is 0 Å². The largest absolute Gasteiger partial charge is 0.379 e. The van der Waals surface area contributed by atoms with Crippen LogP contribution in [0.4, 0.5) is 5.69 Å². The smallest absolute Gasteiger partial charge is 0.101 e. The molecule has 0 amide bonds. The van der Waals surface area contributed by atoms with Crippen LogP contribution in [-0.4, -0.2) is 5.54 Å². The van der Waals surface area contributed by atoms with E-state index >= 15 is 0 Å². The Labute approximate surface area is 94.9 Å². The molecule has 78 valence electrons. The lowest BCUT2D eigenvalue weighted by Gasteiger charge is -2.40. The summed E-state index contributed by atoms with van der Waals surface area (Å²) in [7, 11) is 0. The Bertz CT molecular complexity index is 416. The molecule has 0 spiro atoms. The summed E-state index contributed by atoms with van der Waals surface area (Å²) in [5, 5.41) is 13.0. The number of benzene rings is 1.